The summed E-state index contributed by atoms with van der Waals surface area (Å²) in [6, 6.07) is 33.5. The molecule has 0 amide bonds. The molecule has 0 aliphatic heterocycles. The first-order valence-electron chi connectivity index (χ1n) is 27.2. The minimum Gasteiger partial charge on any atom is -0.399 e. The van der Waals surface area contributed by atoms with E-state index in [2.05, 4.69) is 120 Å². The van der Waals surface area contributed by atoms with Crippen LogP contribution in [0.3, 0.4) is 0 Å². The van der Waals surface area contributed by atoms with Gasteiger partial charge in [0.25, 0.3) is 0 Å². The summed E-state index contributed by atoms with van der Waals surface area (Å²) in [5.74, 6) is 1.65. The van der Waals surface area contributed by atoms with E-state index in [1.54, 1.807) is 0 Å². The third kappa shape index (κ3) is 15.8. The molecular weight excluding hydrogens is 773 g/mol. The molecule has 2 heteroatoms. The van der Waals surface area contributed by atoms with Crippen molar-refractivity contribution in [3.8, 4) is 0 Å². The lowest BCUT2D eigenvalue weighted by atomic mass is 9.62. The fourth-order valence-corrected chi connectivity index (χ4v) is 11.6. The van der Waals surface area contributed by atoms with E-state index in [9.17, 15) is 0 Å². The van der Waals surface area contributed by atoms with Crippen LogP contribution in [0.1, 0.15) is 263 Å². The minimum absolute atomic E-state index is 0.0461. The third-order valence-electron chi connectivity index (χ3n) is 15.7. The summed E-state index contributed by atoms with van der Waals surface area (Å²) in [6.45, 7) is 11.5. The van der Waals surface area contributed by atoms with Gasteiger partial charge in [-0.2, -0.15) is 0 Å². The van der Waals surface area contributed by atoms with Gasteiger partial charge in [0, 0.05) is 28.6 Å². The number of hydrogen-bond acceptors (Lipinski definition) is 2. The van der Waals surface area contributed by atoms with Gasteiger partial charge in [0.2, 0.25) is 0 Å². The predicted octanol–water partition coefficient (Wildman–Crippen LogP) is 19.0. The molecule has 1 saturated carbocycles. The molecule has 352 valence electrons. The SMILES string of the molecule is CCCCCCCCCCCC(c1ccc(C2(c3ccc(C(CCCCCCCCCCC)c4ccc(N)cc4C)cc3)CCC(CCCCCC)CC2)cc1)c1ccc(N)cc1C. The Hall–Kier alpha value is -3.52. The Bertz CT molecular complexity index is 1720. The average molecular weight is 867 g/mol. The Morgan fingerprint density at radius 3 is 1.14 bits per heavy atom. The standard InChI is InChI=1S/C62H94N2/c1-6-9-12-15-17-19-21-23-26-29-60(58-41-39-56(63)47-49(58)4)52-31-35-54(36-32-52)62(45-43-51(44-46-62)28-25-14-11-8-3)55-37-33-53(34-38-55)61(59-42-40-57(64)48-50(59)5)30-27-24-22-20-18-16-13-10-7-2/h31-42,47-48,51,60-61H,6-30,43-46,63-64H2,1-5H3. The number of nitrogens with two attached hydrogens (primary N) is 2. The number of hydrogen-bond donors (Lipinski definition) is 2. The molecule has 4 aromatic rings. The molecule has 64 heavy (non-hydrogen) atoms. The zero-order chi connectivity index (χ0) is 45.4. The summed E-state index contributed by atoms with van der Waals surface area (Å²) in [6.07, 6.45) is 38.9. The van der Waals surface area contributed by atoms with Gasteiger partial charge in [-0.1, -0.05) is 229 Å². The highest BCUT2D eigenvalue weighted by Gasteiger charge is 2.38. The van der Waals surface area contributed by atoms with Crippen LogP contribution in [-0.4, -0.2) is 0 Å². The van der Waals surface area contributed by atoms with Crippen LogP contribution in [-0.2, 0) is 5.41 Å². The molecule has 0 bridgehead atoms. The van der Waals surface area contributed by atoms with E-state index in [4.69, 9.17) is 11.5 Å². The number of unbranched alkanes of at least 4 members (excludes halogenated alkanes) is 19. The second-order valence-corrected chi connectivity index (χ2v) is 20.7. The highest BCUT2D eigenvalue weighted by molar-refractivity contribution is 5.51. The Balaban J connectivity index is 1.37. The fraction of sp³-hybridized carbons (Fsp3) is 0.613. The molecule has 0 heterocycles. The molecule has 1 aliphatic carbocycles. The van der Waals surface area contributed by atoms with E-state index in [1.165, 1.54) is 231 Å². The smallest absolute Gasteiger partial charge is 0.0316 e. The number of aryl methyl sites for hydroxylation is 2. The van der Waals surface area contributed by atoms with Gasteiger partial charge in [0.15, 0.2) is 0 Å². The molecule has 0 aromatic heterocycles. The van der Waals surface area contributed by atoms with E-state index in [-0.39, 0.29) is 5.41 Å². The number of rotatable bonds is 31. The molecule has 2 unspecified atom stereocenters. The third-order valence-corrected chi connectivity index (χ3v) is 15.7. The first-order chi connectivity index (χ1) is 31.3. The van der Waals surface area contributed by atoms with E-state index >= 15 is 0 Å². The van der Waals surface area contributed by atoms with Crippen LogP contribution in [0, 0.1) is 19.8 Å². The van der Waals surface area contributed by atoms with Crippen molar-refractivity contribution >= 4 is 11.4 Å². The first kappa shape index (κ1) is 51.5. The van der Waals surface area contributed by atoms with Gasteiger partial charge in [0.05, 0.1) is 0 Å². The molecule has 1 aliphatic rings. The zero-order valence-corrected chi connectivity index (χ0v) is 42.0. The predicted molar refractivity (Wildman–Crippen MR) is 283 cm³/mol. The van der Waals surface area contributed by atoms with Gasteiger partial charge >= 0.3 is 0 Å². The molecular formula is C62H94N2. The zero-order valence-electron chi connectivity index (χ0n) is 42.0. The van der Waals surface area contributed by atoms with Crippen molar-refractivity contribution in [3.63, 3.8) is 0 Å². The summed E-state index contributed by atoms with van der Waals surface area (Å²) in [7, 11) is 0. The van der Waals surface area contributed by atoms with Crippen LogP contribution < -0.4 is 11.5 Å². The van der Waals surface area contributed by atoms with Gasteiger partial charge in [-0.25, -0.2) is 0 Å². The lowest BCUT2D eigenvalue weighted by Gasteiger charge is -2.42. The van der Waals surface area contributed by atoms with Crippen molar-refractivity contribution in [1.29, 1.82) is 0 Å². The summed E-state index contributed by atoms with van der Waals surface area (Å²) >= 11 is 0. The molecule has 4 aromatic carbocycles. The van der Waals surface area contributed by atoms with Crippen molar-refractivity contribution < 1.29 is 0 Å². The van der Waals surface area contributed by atoms with Gasteiger partial charge in [-0.05, 0) is 127 Å². The van der Waals surface area contributed by atoms with Gasteiger partial charge in [-0.15, -0.1) is 0 Å². The highest BCUT2D eigenvalue weighted by atomic mass is 14.5. The quantitative estimate of drug-likeness (QED) is 0.0391. The second-order valence-electron chi connectivity index (χ2n) is 20.7. The molecule has 1 fully saturated rings. The van der Waals surface area contributed by atoms with Crippen molar-refractivity contribution in [2.45, 2.75) is 238 Å². The van der Waals surface area contributed by atoms with Crippen molar-refractivity contribution in [2.75, 3.05) is 11.5 Å². The van der Waals surface area contributed by atoms with Crippen LogP contribution in [0.15, 0.2) is 84.9 Å². The van der Waals surface area contributed by atoms with Crippen LogP contribution >= 0.6 is 0 Å². The van der Waals surface area contributed by atoms with Gasteiger partial charge < -0.3 is 11.5 Å². The van der Waals surface area contributed by atoms with Crippen molar-refractivity contribution in [3.05, 3.63) is 129 Å². The molecule has 2 nitrogen and oxygen atoms in total. The van der Waals surface area contributed by atoms with E-state index in [1.807, 2.05) is 0 Å². The summed E-state index contributed by atoms with van der Waals surface area (Å²) in [4.78, 5) is 0. The largest absolute Gasteiger partial charge is 0.399 e. The molecule has 2 atom stereocenters. The topological polar surface area (TPSA) is 52.0 Å². The molecule has 0 saturated heterocycles. The maximum absolute atomic E-state index is 6.30. The maximum Gasteiger partial charge on any atom is 0.0316 e. The maximum atomic E-state index is 6.30. The van der Waals surface area contributed by atoms with Gasteiger partial charge in [0.1, 0.15) is 0 Å². The Morgan fingerprint density at radius 2 is 0.781 bits per heavy atom. The molecule has 5 rings (SSSR count). The van der Waals surface area contributed by atoms with Crippen LogP contribution in [0.4, 0.5) is 11.4 Å². The number of anilines is 2. The number of benzene rings is 4. The normalized spacial score (nSPS) is 17.4. The van der Waals surface area contributed by atoms with Gasteiger partial charge in [-0.3, -0.25) is 0 Å². The lowest BCUT2D eigenvalue weighted by molar-refractivity contribution is 0.250. The summed E-state index contributed by atoms with van der Waals surface area (Å²) in [5.41, 5.74) is 25.9. The minimum atomic E-state index is 0.0461. The lowest BCUT2D eigenvalue weighted by Crippen LogP contribution is -2.33. The van der Waals surface area contributed by atoms with E-state index in [0.29, 0.717) is 11.8 Å². The van der Waals surface area contributed by atoms with Crippen LogP contribution in [0.25, 0.3) is 0 Å². The van der Waals surface area contributed by atoms with E-state index < -0.39 is 0 Å². The highest BCUT2D eigenvalue weighted by Crippen LogP contribution is 2.49. The second kappa shape index (κ2) is 28.5. The van der Waals surface area contributed by atoms with Crippen molar-refractivity contribution in [2.24, 2.45) is 5.92 Å². The molecule has 0 radical (unpaired) electrons. The molecule has 4 N–H and O–H groups in total. The summed E-state index contributed by atoms with van der Waals surface area (Å²) < 4.78 is 0. The van der Waals surface area contributed by atoms with Crippen LogP contribution in [0.5, 0.6) is 0 Å². The summed E-state index contributed by atoms with van der Waals surface area (Å²) in [5, 5.41) is 0. The Morgan fingerprint density at radius 1 is 0.438 bits per heavy atom. The Labute approximate surface area is 394 Å². The Kier molecular flexibility index (Phi) is 22.9. The number of nitrogen functional groups attached to an aromatic ring is 2. The van der Waals surface area contributed by atoms with E-state index in [0.717, 1.165) is 17.3 Å². The first-order valence-corrected chi connectivity index (χ1v) is 27.2. The average Bonchev–Trinajstić information content (AvgIpc) is 3.30. The van der Waals surface area contributed by atoms with Crippen molar-refractivity contribution in [1.82, 2.24) is 0 Å². The molecule has 0 spiro atoms. The monoisotopic (exact) mass is 867 g/mol. The fourth-order valence-electron chi connectivity index (χ4n) is 11.6. The van der Waals surface area contributed by atoms with Crippen LogP contribution in [0.2, 0.25) is 0 Å².